The topological polar surface area (TPSA) is 0 Å². The molecule has 1 saturated carbocycles. The Balaban J connectivity index is 2.50. The van der Waals surface area contributed by atoms with E-state index in [2.05, 4.69) is 34.9 Å². The molecule has 0 spiro atoms. The van der Waals surface area contributed by atoms with Crippen molar-refractivity contribution in [2.45, 2.75) is 71.8 Å². The predicted molar refractivity (Wildman–Crippen MR) is 77.1 cm³/mol. The summed E-state index contributed by atoms with van der Waals surface area (Å²) in [5.74, 6) is 1.89. The van der Waals surface area contributed by atoms with Crippen molar-refractivity contribution in [1.82, 2.24) is 0 Å². The lowest BCUT2D eigenvalue weighted by atomic mass is 9.77. The highest BCUT2D eigenvalue weighted by molar-refractivity contribution is 4.75. The van der Waals surface area contributed by atoms with Crippen LogP contribution in [0.2, 0.25) is 0 Å². The molecule has 2 atom stereocenters. The third kappa shape index (κ3) is 4.28. The van der Waals surface area contributed by atoms with Crippen molar-refractivity contribution >= 4 is 0 Å². The van der Waals surface area contributed by atoms with E-state index >= 15 is 0 Å². The molecular formula is C16H34N+. The Bertz CT molecular complexity index is 204. The van der Waals surface area contributed by atoms with E-state index in [4.69, 9.17) is 0 Å². The molecule has 0 radical (unpaired) electrons. The molecule has 0 aromatic rings. The maximum absolute atomic E-state index is 2.51. The van der Waals surface area contributed by atoms with Crippen molar-refractivity contribution in [3.63, 3.8) is 0 Å². The molecule has 0 bridgehead atoms. The summed E-state index contributed by atoms with van der Waals surface area (Å²) in [6.07, 6.45) is 10.1. The third-order valence-corrected chi connectivity index (χ3v) is 5.34. The summed E-state index contributed by atoms with van der Waals surface area (Å²) in [7, 11) is 4.86. The first kappa shape index (κ1) is 15.0. The van der Waals surface area contributed by atoms with Crippen LogP contribution in [0, 0.1) is 11.8 Å². The van der Waals surface area contributed by atoms with Gasteiger partial charge in [0.1, 0.15) is 0 Å². The van der Waals surface area contributed by atoms with Crippen LogP contribution in [-0.2, 0) is 0 Å². The summed E-state index contributed by atoms with van der Waals surface area (Å²) in [6.45, 7) is 8.63. The molecule has 17 heavy (non-hydrogen) atoms. The van der Waals surface area contributed by atoms with Gasteiger partial charge in [0.2, 0.25) is 0 Å². The number of quaternary nitrogens is 1. The zero-order valence-corrected chi connectivity index (χ0v) is 12.8. The first-order valence-corrected chi connectivity index (χ1v) is 7.81. The van der Waals surface area contributed by atoms with Crippen LogP contribution in [0.5, 0.6) is 0 Å². The number of nitrogens with zero attached hydrogens (tertiary/aromatic N) is 1. The quantitative estimate of drug-likeness (QED) is 0.601. The molecule has 1 aliphatic rings. The van der Waals surface area contributed by atoms with Crippen molar-refractivity contribution in [3.8, 4) is 0 Å². The minimum Gasteiger partial charge on any atom is -0.326 e. The van der Waals surface area contributed by atoms with E-state index in [-0.39, 0.29) is 0 Å². The van der Waals surface area contributed by atoms with Gasteiger partial charge in [-0.3, -0.25) is 0 Å². The highest BCUT2D eigenvalue weighted by Gasteiger charge is 2.33. The van der Waals surface area contributed by atoms with Gasteiger partial charge in [0.05, 0.1) is 26.7 Å². The summed E-state index contributed by atoms with van der Waals surface area (Å²) >= 11 is 0. The highest BCUT2D eigenvalue weighted by Crippen LogP contribution is 2.34. The van der Waals surface area contributed by atoms with Gasteiger partial charge in [-0.05, 0) is 32.1 Å². The number of hydrogen-bond donors (Lipinski definition) is 0. The van der Waals surface area contributed by atoms with Gasteiger partial charge < -0.3 is 4.48 Å². The van der Waals surface area contributed by atoms with Crippen LogP contribution in [0.15, 0.2) is 0 Å². The Morgan fingerprint density at radius 3 is 2.18 bits per heavy atom. The summed E-state index contributed by atoms with van der Waals surface area (Å²) in [5, 5.41) is 0. The Kier molecular flexibility index (Phi) is 5.99. The number of rotatable bonds is 6. The Morgan fingerprint density at radius 1 is 1.06 bits per heavy atom. The van der Waals surface area contributed by atoms with Crippen molar-refractivity contribution in [3.05, 3.63) is 0 Å². The van der Waals surface area contributed by atoms with E-state index in [9.17, 15) is 0 Å². The second-order valence-corrected chi connectivity index (χ2v) is 6.85. The second kappa shape index (κ2) is 6.78. The van der Waals surface area contributed by atoms with Gasteiger partial charge in [-0.25, -0.2) is 0 Å². The van der Waals surface area contributed by atoms with Crippen molar-refractivity contribution in [2.24, 2.45) is 11.8 Å². The van der Waals surface area contributed by atoms with Crippen LogP contribution in [0.3, 0.4) is 0 Å². The van der Waals surface area contributed by atoms with E-state index in [1.54, 1.807) is 0 Å². The smallest absolute Gasteiger partial charge is 0.0886 e. The zero-order valence-electron chi connectivity index (χ0n) is 12.8. The summed E-state index contributed by atoms with van der Waals surface area (Å²) in [4.78, 5) is 0. The molecule has 0 unspecified atom stereocenters. The molecule has 1 nitrogen and oxygen atoms in total. The number of hydrogen-bond acceptors (Lipinski definition) is 0. The summed E-state index contributed by atoms with van der Waals surface area (Å²) in [6, 6.07) is 0.810. The molecule has 0 aliphatic heterocycles. The van der Waals surface area contributed by atoms with E-state index in [1.165, 1.54) is 56.0 Å². The molecule has 0 N–H and O–H groups in total. The Labute approximate surface area is 109 Å². The molecular weight excluding hydrogens is 206 g/mol. The summed E-state index contributed by atoms with van der Waals surface area (Å²) in [5.41, 5.74) is 0. The molecule has 0 heterocycles. The highest BCUT2D eigenvalue weighted by atomic mass is 15.3. The third-order valence-electron chi connectivity index (χ3n) is 5.34. The predicted octanol–water partition coefficient (Wildman–Crippen LogP) is 4.47. The van der Waals surface area contributed by atoms with Crippen molar-refractivity contribution in [1.29, 1.82) is 0 Å². The SMILES string of the molecule is CCCC[N+](C)(C)[C@@H](C)[C@H](C)C1CCCCC1. The standard InChI is InChI=1S/C16H34N/c1-6-7-13-17(4,5)15(3)14(2)16-11-9-8-10-12-16/h14-16H,6-13H2,1-5H3/q+1/t14-,15-/m0/s1. The van der Waals surface area contributed by atoms with Crippen LogP contribution in [0.4, 0.5) is 0 Å². The van der Waals surface area contributed by atoms with E-state index in [1.807, 2.05) is 0 Å². The molecule has 1 fully saturated rings. The van der Waals surface area contributed by atoms with Gasteiger partial charge in [0.25, 0.3) is 0 Å². The number of unbranched alkanes of at least 4 members (excludes halogenated alkanes) is 1. The van der Waals surface area contributed by atoms with E-state index in [0.717, 1.165) is 17.9 Å². The lowest BCUT2D eigenvalue weighted by molar-refractivity contribution is -0.917. The Hall–Kier alpha value is -0.0400. The van der Waals surface area contributed by atoms with Gasteiger partial charge in [-0.1, -0.05) is 39.5 Å². The summed E-state index contributed by atoms with van der Waals surface area (Å²) < 4.78 is 1.21. The van der Waals surface area contributed by atoms with Gasteiger partial charge >= 0.3 is 0 Å². The molecule has 1 heteroatoms. The maximum Gasteiger partial charge on any atom is 0.0886 e. The van der Waals surface area contributed by atoms with Crippen LogP contribution >= 0.6 is 0 Å². The normalized spacial score (nSPS) is 22.4. The van der Waals surface area contributed by atoms with Crippen LogP contribution in [0.1, 0.15) is 65.7 Å². The fraction of sp³-hybridized carbons (Fsp3) is 1.00. The maximum atomic E-state index is 2.51. The largest absolute Gasteiger partial charge is 0.326 e. The van der Waals surface area contributed by atoms with Gasteiger partial charge in [0, 0.05) is 5.92 Å². The Morgan fingerprint density at radius 2 is 1.65 bits per heavy atom. The van der Waals surface area contributed by atoms with Gasteiger partial charge in [-0.15, -0.1) is 0 Å². The fourth-order valence-corrected chi connectivity index (χ4v) is 3.46. The van der Waals surface area contributed by atoms with Crippen LogP contribution in [0.25, 0.3) is 0 Å². The van der Waals surface area contributed by atoms with Crippen LogP contribution < -0.4 is 0 Å². The molecule has 0 aromatic heterocycles. The minimum atomic E-state index is 0.810. The average Bonchev–Trinajstić information content (AvgIpc) is 2.35. The van der Waals surface area contributed by atoms with Gasteiger partial charge in [0.15, 0.2) is 0 Å². The lowest BCUT2D eigenvalue weighted by Crippen LogP contribution is -2.52. The molecule has 102 valence electrons. The molecule has 0 saturated heterocycles. The fourth-order valence-electron chi connectivity index (χ4n) is 3.46. The molecule has 1 rings (SSSR count). The first-order valence-electron chi connectivity index (χ1n) is 7.81. The second-order valence-electron chi connectivity index (χ2n) is 6.85. The lowest BCUT2D eigenvalue weighted by Gasteiger charge is -2.42. The molecule has 0 aromatic carbocycles. The molecule has 0 amide bonds. The zero-order chi connectivity index (χ0) is 12.9. The average molecular weight is 240 g/mol. The molecule has 1 aliphatic carbocycles. The monoisotopic (exact) mass is 240 g/mol. The van der Waals surface area contributed by atoms with Gasteiger partial charge in [-0.2, -0.15) is 0 Å². The van der Waals surface area contributed by atoms with E-state index < -0.39 is 0 Å². The van der Waals surface area contributed by atoms with Crippen molar-refractivity contribution < 1.29 is 4.48 Å². The van der Waals surface area contributed by atoms with Crippen LogP contribution in [-0.4, -0.2) is 31.2 Å². The first-order chi connectivity index (χ1) is 7.99. The van der Waals surface area contributed by atoms with E-state index in [0.29, 0.717) is 0 Å². The minimum absolute atomic E-state index is 0.810. The van der Waals surface area contributed by atoms with Crippen molar-refractivity contribution in [2.75, 3.05) is 20.6 Å².